The molecule has 3 nitrogen and oxygen atoms in total. The van der Waals surface area contributed by atoms with Gasteiger partial charge in [0.05, 0.1) is 10.9 Å². The minimum Gasteiger partial charge on any atom is -0.310 e. The molecule has 2 aromatic rings. The van der Waals surface area contributed by atoms with Gasteiger partial charge >= 0.3 is 0 Å². The molecule has 1 aromatic heterocycles. The zero-order chi connectivity index (χ0) is 15.2. The molecule has 1 saturated carbocycles. The second kappa shape index (κ2) is 5.24. The van der Waals surface area contributed by atoms with Gasteiger partial charge in [0.15, 0.2) is 0 Å². The van der Waals surface area contributed by atoms with Crippen molar-refractivity contribution < 1.29 is 0 Å². The molecule has 3 rings (SSSR count). The Labute approximate surface area is 133 Å². The van der Waals surface area contributed by atoms with E-state index in [1.165, 1.54) is 12.8 Å². The summed E-state index contributed by atoms with van der Waals surface area (Å²) in [4.78, 5) is 19.8. The van der Waals surface area contributed by atoms with Crippen LogP contribution in [0.25, 0.3) is 10.9 Å². The second-order valence-electron chi connectivity index (χ2n) is 6.74. The summed E-state index contributed by atoms with van der Waals surface area (Å²) in [5.74, 6) is 2.23. The van der Waals surface area contributed by atoms with Crippen molar-refractivity contribution in [2.45, 2.75) is 40.0 Å². The third-order valence-corrected chi connectivity index (χ3v) is 5.82. The number of hydrogen-bond acceptors (Lipinski definition) is 2. The summed E-state index contributed by atoms with van der Waals surface area (Å²) < 4.78 is 0.904. The molecule has 2 unspecified atom stereocenters. The van der Waals surface area contributed by atoms with Crippen molar-refractivity contribution >= 4 is 26.8 Å². The van der Waals surface area contributed by atoms with E-state index >= 15 is 0 Å². The molecule has 0 bridgehead atoms. The third-order valence-electron chi connectivity index (χ3n) is 5.32. The molecule has 0 saturated heterocycles. The van der Waals surface area contributed by atoms with Gasteiger partial charge in [-0.25, -0.2) is 4.98 Å². The molecule has 0 radical (unpaired) electrons. The number of H-pyrrole nitrogens is 1. The molecule has 2 atom stereocenters. The van der Waals surface area contributed by atoms with E-state index in [2.05, 4.69) is 46.7 Å². The van der Waals surface area contributed by atoms with E-state index in [4.69, 9.17) is 0 Å². The Morgan fingerprint density at radius 2 is 2.14 bits per heavy atom. The summed E-state index contributed by atoms with van der Waals surface area (Å²) in [5.41, 5.74) is 1.09. The monoisotopic (exact) mass is 348 g/mol. The standard InChI is InChI=1S/C17H21BrN2O/c1-4-10-7-11(17(10,2)3)8-15-19-14-6-5-12(18)9-13(14)16(21)20-15/h5-6,9-11H,4,7-8H2,1-3H3,(H,19,20,21). The average Bonchev–Trinajstić information content (AvgIpc) is 2.44. The molecular formula is C17H21BrN2O. The second-order valence-corrected chi connectivity index (χ2v) is 7.65. The number of nitrogens with one attached hydrogen (secondary N) is 1. The summed E-state index contributed by atoms with van der Waals surface area (Å²) in [6.07, 6.45) is 3.34. The molecule has 1 aliphatic carbocycles. The van der Waals surface area contributed by atoms with Gasteiger partial charge in [-0.3, -0.25) is 4.79 Å². The summed E-state index contributed by atoms with van der Waals surface area (Å²) in [5, 5.41) is 0.646. The summed E-state index contributed by atoms with van der Waals surface area (Å²) >= 11 is 3.39. The molecule has 4 heteroatoms. The molecule has 1 aliphatic rings. The number of benzene rings is 1. The highest BCUT2D eigenvalue weighted by atomic mass is 79.9. The molecule has 21 heavy (non-hydrogen) atoms. The highest BCUT2D eigenvalue weighted by Crippen LogP contribution is 2.53. The quantitative estimate of drug-likeness (QED) is 0.898. The minimum atomic E-state index is -0.0412. The van der Waals surface area contributed by atoms with Crippen molar-refractivity contribution in [3.63, 3.8) is 0 Å². The van der Waals surface area contributed by atoms with Crippen LogP contribution in [0.2, 0.25) is 0 Å². The fourth-order valence-electron chi connectivity index (χ4n) is 3.65. The predicted octanol–water partition coefficient (Wildman–Crippen LogP) is 4.30. The predicted molar refractivity (Wildman–Crippen MR) is 89.4 cm³/mol. The minimum absolute atomic E-state index is 0.0412. The van der Waals surface area contributed by atoms with Crippen molar-refractivity contribution in [3.05, 3.63) is 38.9 Å². The topological polar surface area (TPSA) is 45.8 Å². The highest BCUT2D eigenvalue weighted by molar-refractivity contribution is 9.10. The first-order valence-electron chi connectivity index (χ1n) is 7.60. The van der Waals surface area contributed by atoms with Crippen LogP contribution in [0.1, 0.15) is 39.4 Å². The van der Waals surface area contributed by atoms with Gasteiger partial charge in [-0.1, -0.05) is 43.1 Å². The van der Waals surface area contributed by atoms with Crippen LogP contribution in [-0.4, -0.2) is 9.97 Å². The summed E-state index contributed by atoms with van der Waals surface area (Å²) in [6, 6.07) is 5.66. The maximum atomic E-state index is 12.2. The van der Waals surface area contributed by atoms with Crippen LogP contribution in [0.3, 0.4) is 0 Å². The first-order valence-corrected chi connectivity index (χ1v) is 8.39. The van der Waals surface area contributed by atoms with Crippen molar-refractivity contribution in [2.75, 3.05) is 0 Å². The van der Waals surface area contributed by atoms with E-state index < -0.39 is 0 Å². The first kappa shape index (κ1) is 14.8. The van der Waals surface area contributed by atoms with Crippen LogP contribution in [0.15, 0.2) is 27.5 Å². The van der Waals surface area contributed by atoms with Crippen molar-refractivity contribution in [1.29, 1.82) is 0 Å². The van der Waals surface area contributed by atoms with Crippen LogP contribution >= 0.6 is 15.9 Å². The Morgan fingerprint density at radius 1 is 1.38 bits per heavy atom. The third kappa shape index (κ3) is 2.54. The molecule has 0 amide bonds. The van der Waals surface area contributed by atoms with Crippen LogP contribution in [0.5, 0.6) is 0 Å². The maximum Gasteiger partial charge on any atom is 0.258 e. The SMILES string of the molecule is CCC1CC(Cc2nc3ccc(Br)cc3c(=O)[nH]2)C1(C)C. The molecular weight excluding hydrogens is 328 g/mol. The molecule has 0 aliphatic heterocycles. The molecule has 1 N–H and O–H groups in total. The van der Waals surface area contributed by atoms with Gasteiger partial charge in [-0.15, -0.1) is 0 Å². The van der Waals surface area contributed by atoms with Gasteiger partial charge in [-0.05, 0) is 41.9 Å². The largest absolute Gasteiger partial charge is 0.310 e. The molecule has 1 heterocycles. The number of aromatic nitrogens is 2. The van der Waals surface area contributed by atoms with Crippen LogP contribution in [0.4, 0.5) is 0 Å². The molecule has 1 fully saturated rings. The Balaban J connectivity index is 1.89. The van der Waals surface area contributed by atoms with Crippen molar-refractivity contribution in [2.24, 2.45) is 17.3 Å². The smallest absolute Gasteiger partial charge is 0.258 e. The maximum absolute atomic E-state index is 12.2. The van der Waals surface area contributed by atoms with Crippen molar-refractivity contribution in [1.82, 2.24) is 9.97 Å². The zero-order valence-electron chi connectivity index (χ0n) is 12.7. The number of fused-ring (bicyclic) bond motifs is 1. The fourth-order valence-corrected chi connectivity index (χ4v) is 4.01. The lowest BCUT2D eigenvalue weighted by molar-refractivity contribution is -0.0229. The Morgan fingerprint density at radius 3 is 2.81 bits per heavy atom. The normalized spacial score (nSPS) is 24.0. The lowest BCUT2D eigenvalue weighted by Gasteiger charge is -2.52. The number of halogens is 1. The highest BCUT2D eigenvalue weighted by Gasteiger charge is 2.46. The molecule has 112 valence electrons. The lowest BCUT2D eigenvalue weighted by Crippen LogP contribution is -2.45. The van der Waals surface area contributed by atoms with Crippen molar-refractivity contribution in [3.8, 4) is 0 Å². The van der Waals surface area contributed by atoms with Crippen LogP contribution < -0.4 is 5.56 Å². The van der Waals surface area contributed by atoms with Gasteiger partial charge in [-0.2, -0.15) is 0 Å². The number of rotatable bonds is 3. The van der Waals surface area contributed by atoms with E-state index in [-0.39, 0.29) is 5.56 Å². The van der Waals surface area contributed by atoms with Gasteiger partial charge in [0.2, 0.25) is 0 Å². The van der Waals surface area contributed by atoms with Gasteiger partial charge in [0.1, 0.15) is 5.82 Å². The average molecular weight is 349 g/mol. The van der Waals surface area contributed by atoms with Gasteiger partial charge in [0, 0.05) is 10.9 Å². The van der Waals surface area contributed by atoms with E-state index in [9.17, 15) is 4.79 Å². The Kier molecular flexibility index (Phi) is 3.68. The fraction of sp³-hybridized carbons (Fsp3) is 0.529. The molecule has 1 aromatic carbocycles. The van der Waals surface area contributed by atoms with Crippen LogP contribution in [0, 0.1) is 17.3 Å². The van der Waals surface area contributed by atoms with E-state index in [1.54, 1.807) is 0 Å². The van der Waals surface area contributed by atoms with E-state index in [0.717, 1.165) is 28.2 Å². The van der Waals surface area contributed by atoms with Gasteiger partial charge < -0.3 is 4.98 Å². The summed E-state index contributed by atoms with van der Waals surface area (Å²) in [6.45, 7) is 6.94. The Hall–Kier alpha value is -1.16. The van der Waals surface area contributed by atoms with E-state index in [1.807, 2.05) is 18.2 Å². The Bertz CT molecular complexity index is 735. The molecule has 0 spiro atoms. The van der Waals surface area contributed by atoms with Gasteiger partial charge in [0.25, 0.3) is 5.56 Å². The summed E-state index contributed by atoms with van der Waals surface area (Å²) in [7, 11) is 0. The van der Waals surface area contributed by atoms with Crippen LogP contribution in [-0.2, 0) is 6.42 Å². The first-order chi connectivity index (χ1) is 9.91. The zero-order valence-corrected chi connectivity index (χ0v) is 14.3. The lowest BCUT2D eigenvalue weighted by atomic mass is 9.53. The van der Waals surface area contributed by atoms with E-state index in [0.29, 0.717) is 16.7 Å². The number of aromatic amines is 1. The number of hydrogen-bond donors (Lipinski definition) is 1. The number of nitrogens with zero attached hydrogens (tertiary/aromatic N) is 1.